The second-order valence-corrected chi connectivity index (χ2v) is 9.15. The van der Waals surface area contributed by atoms with Crippen LogP contribution in [0.4, 0.5) is 4.39 Å². The van der Waals surface area contributed by atoms with Crippen LogP contribution in [0.1, 0.15) is 46.0 Å². The lowest BCUT2D eigenvalue weighted by molar-refractivity contribution is -0.216. The zero-order valence-electron chi connectivity index (χ0n) is 15.6. The number of carbonyl (C=O) groups excluding carboxylic acids is 3. The summed E-state index contributed by atoms with van der Waals surface area (Å²) in [5.41, 5.74) is -5.32. The van der Waals surface area contributed by atoms with Gasteiger partial charge < -0.3 is 10.2 Å². The molecule has 0 radical (unpaired) electrons. The van der Waals surface area contributed by atoms with Gasteiger partial charge in [-0.25, -0.2) is 4.39 Å². The van der Waals surface area contributed by atoms with E-state index < -0.39 is 39.9 Å². The molecular weight excluding hydrogens is 351 g/mol. The molecule has 2 N–H and O–H groups in total. The molecule has 0 aromatic rings. The molecule has 6 heteroatoms. The van der Waals surface area contributed by atoms with Crippen LogP contribution in [0, 0.1) is 22.7 Å². The molecule has 7 unspecified atom stereocenters. The van der Waals surface area contributed by atoms with E-state index in [0.29, 0.717) is 24.8 Å². The molecule has 3 saturated carbocycles. The molecule has 0 aromatic carbocycles. The van der Waals surface area contributed by atoms with E-state index in [0.717, 1.165) is 0 Å². The van der Waals surface area contributed by atoms with Crippen LogP contribution >= 0.6 is 0 Å². The summed E-state index contributed by atoms with van der Waals surface area (Å²) in [4.78, 5) is 35.1. The molecule has 27 heavy (non-hydrogen) atoms. The number of hydrogen-bond acceptors (Lipinski definition) is 5. The lowest BCUT2D eigenvalue weighted by Crippen LogP contribution is -2.69. The Morgan fingerprint density at radius 3 is 2.67 bits per heavy atom. The Hall–Kier alpha value is -1.66. The van der Waals surface area contributed by atoms with Crippen molar-refractivity contribution in [3.05, 3.63) is 23.8 Å². The number of ketones is 2. The lowest BCUT2D eigenvalue weighted by Gasteiger charge is -2.62. The number of alkyl halides is 1. The number of carbonyl (C=O) groups is 3. The number of Topliss-reactive ketones (excluding diaryl/α,β-unsaturated/α-hetero) is 1. The van der Waals surface area contributed by atoms with E-state index in [4.69, 9.17) is 0 Å². The minimum absolute atomic E-state index is 0.0960. The first-order chi connectivity index (χ1) is 12.5. The minimum Gasteiger partial charge on any atom is -0.390 e. The Morgan fingerprint density at radius 2 is 2.00 bits per heavy atom. The van der Waals surface area contributed by atoms with Crippen molar-refractivity contribution in [2.75, 3.05) is 0 Å². The summed E-state index contributed by atoms with van der Waals surface area (Å²) >= 11 is 0. The van der Waals surface area contributed by atoms with Gasteiger partial charge >= 0.3 is 0 Å². The lowest BCUT2D eigenvalue weighted by atomic mass is 9.44. The van der Waals surface area contributed by atoms with Crippen molar-refractivity contribution in [1.29, 1.82) is 0 Å². The highest BCUT2D eigenvalue weighted by molar-refractivity contribution is 6.29. The quantitative estimate of drug-likeness (QED) is 0.567. The molecule has 0 amide bonds. The van der Waals surface area contributed by atoms with Crippen LogP contribution in [0.2, 0.25) is 0 Å². The van der Waals surface area contributed by atoms with Crippen LogP contribution < -0.4 is 0 Å². The van der Waals surface area contributed by atoms with Gasteiger partial charge in [0.15, 0.2) is 17.7 Å². The summed E-state index contributed by atoms with van der Waals surface area (Å²) in [6, 6.07) is 0. The van der Waals surface area contributed by atoms with Crippen LogP contribution in [0.5, 0.6) is 0 Å². The summed E-state index contributed by atoms with van der Waals surface area (Å²) in [7, 11) is 0. The fourth-order valence-electron chi connectivity index (χ4n) is 6.72. The van der Waals surface area contributed by atoms with E-state index in [1.807, 2.05) is 0 Å². The van der Waals surface area contributed by atoms with Crippen molar-refractivity contribution in [3.8, 4) is 0 Å². The van der Waals surface area contributed by atoms with Crippen molar-refractivity contribution in [2.45, 2.75) is 63.3 Å². The number of aliphatic hydroxyl groups is 2. The fraction of sp³-hybridized carbons (Fsp3) is 0.667. The fourth-order valence-corrected chi connectivity index (χ4v) is 6.72. The molecule has 0 bridgehead atoms. The normalized spacial score (nSPS) is 51.1. The summed E-state index contributed by atoms with van der Waals surface area (Å²) in [5.74, 6) is -1.97. The Bertz CT molecular complexity index is 802. The predicted octanol–water partition coefficient (Wildman–Crippen LogP) is 1.86. The van der Waals surface area contributed by atoms with Crippen LogP contribution in [0.15, 0.2) is 23.8 Å². The number of fused-ring (bicyclic) bond motifs is 5. The Morgan fingerprint density at radius 1 is 1.30 bits per heavy atom. The molecule has 7 atom stereocenters. The van der Waals surface area contributed by atoms with Gasteiger partial charge in [0.1, 0.15) is 5.60 Å². The number of hydrogen-bond donors (Lipinski definition) is 2. The second-order valence-electron chi connectivity index (χ2n) is 9.15. The SMILES string of the molecule is CC12C=CC(=O)C=C1CCC1C3CCC(O)(C(=O)C=O)C3(C)CC(O)C12F. The summed E-state index contributed by atoms with van der Waals surface area (Å²) in [5, 5.41) is 22.1. The number of rotatable bonds is 2. The largest absolute Gasteiger partial charge is 0.390 e. The van der Waals surface area contributed by atoms with Crippen molar-refractivity contribution in [1.82, 2.24) is 0 Å². The third-order valence-corrected chi connectivity index (χ3v) is 8.31. The Kier molecular flexibility index (Phi) is 3.77. The molecule has 5 nitrogen and oxygen atoms in total. The van der Waals surface area contributed by atoms with Gasteiger partial charge in [-0.05, 0) is 57.1 Å². The molecule has 3 fully saturated rings. The molecule has 4 rings (SSSR count). The molecule has 146 valence electrons. The van der Waals surface area contributed by atoms with Crippen LogP contribution in [0.3, 0.4) is 0 Å². The summed E-state index contributed by atoms with van der Waals surface area (Å²) in [6.45, 7) is 3.42. The maximum Gasteiger partial charge on any atom is 0.227 e. The maximum atomic E-state index is 16.7. The smallest absolute Gasteiger partial charge is 0.227 e. The molecule has 0 spiro atoms. The van der Waals surface area contributed by atoms with E-state index >= 15 is 4.39 Å². The van der Waals surface area contributed by atoms with Gasteiger partial charge in [-0.2, -0.15) is 0 Å². The summed E-state index contributed by atoms with van der Waals surface area (Å²) < 4.78 is 16.7. The summed E-state index contributed by atoms with van der Waals surface area (Å²) in [6.07, 6.45) is 4.49. The first-order valence-corrected chi connectivity index (χ1v) is 9.58. The number of halogens is 1. The molecule has 0 aliphatic heterocycles. The standard InChI is InChI=1S/C21H25FO5/c1-18-7-5-13(24)9-12(18)3-4-15-14-6-8-20(27,17(26)11-23)19(14,2)10-16(25)21(15,18)22/h5,7,9,11,14-16,25,27H,3-4,6,8,10H2,1-2H3. The van der Waals surface area contributed by atoms with Gasteiger partial charge in [0.05, 0.1) is 6.10 Å². The topological polar surface area (TPSA) is 91.7 Å². The highest BCUT2D eigenvalue weighted by Gasteiger charge is 2.74. The Labute approximate surface area is 157 Å². The maximum absolute atomic E-state index is 16.7. The second kappa shape index (κ2) is 5.45. The first-order valence-electron chi connectivity index (χ1n) is 9.58. The first kappa shape index (κ1) is 18.7. The van der Waals surface area contributed by atoms with Gasteiger partial charge in [-0.3, -0.25) is 14.4 Å². The van der Waals surface area contributed by atoms with E-state index in [2.05, 4.69) is 0 Å². The Balaban J connectivity index is 1.82. The number of aldehydes is 1. The van der Waals surface area contributed by atoms with Gasteiger partial charge in [0.2, 0.25) is 5.78 Å². The van der Waals surface area contributed by atoms with E-state index in [1.165, 1.54) is 12.2 Å². The zero-order chi connectivity index (χ0) is 19.8. The van der Waals surface area contributed by atoms with Gasteiger partial charge in [0, 0.05) is 16.7 Å². The van der Waals surface area contributed by atoms with Gasteiger partial charge in [-0.15, -0.1) is 0 Å². The molecule has 0 heterocycles. The van der Waals surface area contributed by atoms with Crippen molar-refractivity contribution in [2.24, 2.45) is 22.7 Å². The third-order valence-electron chi connectivity index (χ3n) is 8.31. The molecule has 4 aliphatic rings. The van der Waals surface area contributed by atoms with Gasteiger partial charge in [-0.1, -0.05) is 18.6 Å². The van der Waals surface area contributed by atoms with Gasteiger partial charge in [0.25, 0.3) is 0 Å². The predicted molar refractivity (Wildman–Crippen MR) is 94.4 cm³/mol. The number of allylic oxidation sites excluding steroid dienone is 4. The molecular formula is C21H25FO5. The third kappa shape index (κ3) is 1.98. The van der Waals surface area contributed by atoms with E-state index in [1.54, 1.807) is 19.9 Å². The minimum atomic E-state index is -1.99. The molecule has 0 aromatic heterocycles. The van der Waals surface area contributed by atoms with Crippen molar-refractivity contribution in [3.63, 3.8) is 0 Å². The van der Waals surface area contributed by atoms with Crippen LogP contribution in [-0.4, -0.2) is 45.4 Å². The van der Waals surface area contributed by atoms with Crippen molar-refractivity contribution >= 4 is 17.9 Å². The average molecular weight is 376 g/mol. The molecule has 0 saturated heterocycles. The van der Waals surface area contributed by atoms with Crippen molar-refractivity contribution < 1.29 is 29.0 Å². The number of aliphatic hydroxyl groups excluding tert-OH is 1. The monoisotopic (exact) mass is 376 g/mol. The van der Waals surface area contributed by atoms with E-state index in [9.17, 15) is 24.6 Å². The van der Waals surface area contributed by atoms with E-state index in [-0.39, 0.29) is 30.8 Å². The molecule has 4 aliphatic carbocycles. The zero-order valence-corrected chi connectivity index (χ0v) is 15.6. The van der Waals surface area contributed by atoms with Crippen LogP contribution in [-0.2, 0) is 14.4 Å². The highest BCUT2D eigenvalue weighted by atomic mass is 19.1. The average Bonchev–Trinajstić information content (AvgIpc) is 2.88. The highest BCUT2D eigenvalue weighted by Crippen LogP contribution is 2.69. The van der Waals surface area contributed by atoms with Crippen LogP contribution in [0.25, 0.3) is 0 Å².